The summed E-state index contributed by atoms with van der Waals surface area (Å²) in [6.07, 6.45) is 3.36. The maximum absolute atomic E-state index is 9.92. The van der Waals surface area contributed by atoms with Gasteiger partial charge in [0.05, 0.1) is 12.1 Å². The Morgan fingerprint density at radius 3 is 1.86 bits per heavy atom. The number of hydrogen-bond donors (Lipinski definition) is 5. The highest BCUT2D eigenvalue weighted by atomic mass is 35.5. The molecule has 0 amide bonds. The van der Waals surface area contributed by atoms with Crippen LogP contribution in [0.1, 0.15) is 19.7 Å². The Hall–Kier alpha value is -3.05. The lowest BCUT2D eigenvalue weighted by Crippen LogP contribution is -2.30. The second-order valence-corrected chi connectivity index (χ2v) is 6.67. The first-order valence-electron chi connectivity index (χ1n) is 8.81. The number of fused-ring (bicyclic) bond motifs is 1. The van der Waals surface area contributed by atoms with Gasteiger partial charge in [-0.05, 0) is 19.9 Å². The Balaban J connectivity index is 0.00000300. The Kier molecular flexibility index (Phi) is 7.23. The molecule has 3 heterocycles. The van der Waals surface area contributed by atoms with Gasteiger partial charge in [0.15, 0.2) is 11.6 Å². The summed E-state index contributed by atoms with van der Waals surface area (Å²) in [5.41, 5.74) is 0.224. The Morgan fingerprint density at radius 2 is 1.38 bits per heavy atom. The number of nitrogens with one attached hydrogen (secondary N) is 4. The van der Waals surface area contributed by atoms with Crippen molar-refractivity contribution in [2.45, 2.75) is 26.0 Å². The van der Waals surface area contributed by atoms with Crippen LogP contribution in [-0.4, -0.2) is 61.3 Å². The summed E-state index contributed by atoms with van der Waals surface area (Å²) in [7, 11) is 3.52. The first kappa shape index (κ1) is 22.2. The number of hydrogen-bond acceptors (Lipinski definition) is 11. The molecule has 0 unspecified atom stereocenters. The molecule has 3 aromatic heterocycles. The summed E-state index contributed by atoms with van der Waals surface area (Å²) in [5, 5.41) is 22.2. The van der Waals surface area contributed by atoms with Crippen LogP contribution in [0, 0.1) is 0 Å². The summed E-state index contributed by atoms with van der Waals surface area (Å²) < 4.78 is 0. The van der Waals surface area contributed by atoms with E-state index in [0.29, 0.717) is 53.5 Å². The second-order valence-electron chi connectivity index (χ2n) is 6.67. The van der Waals surface area contributed by atoms with E-state index >= 15 is 0 Å². The molecule has 0 saturated heterocycles. The largest absolute Gasteiger partial charge is 0.389 e. The zero-order chi connectivity index (χ0) is 20.1. The van der Waals surface area contributed by atoms with Gasteiger partial charge in [-0.1, -0.05) is 0 Å². The monoisotopic (exact) mass is 420 g/mol. The number of aromatic nitrogens is 6. The van der Waals surface area contributed by atoms with Gasteiger partial charge in [0.1, 0.15) is 16.9 Å². The van der Waals surface area contributed by atoms with Crippen LogP contribution in [0.15, 0.2) is 18.5 Å². The fraction of sp³-hybridized carbons (Fsp3) is 0.412. The van der Waals surface area contributed by atoms with Crippen LogP contribution in [0.2, 0.25) is 0 Å². The second kappa shape index (κ2) is 9.43. The molecule has 0 bridgehead atoms. The standard InChI is InChI=1S/C17H24N10O.ClH/c1-17(2,28)9-23-16-25-12-11(14(19-4)27-16)24-15(26-13(12)18-3)22-8-10-20-6-5-7-21-10;/h5-7,28H,8-9H2,1-4H3,(H2,18,22,24,26)(H2,19,23,25,27);1H. The maximum Gasteiger partial charge on any atom is 0.225 e. The minimum atomic E-state index is -0.895. The molecule has 0 radical (unpaired) electrons. The minimum absolute atomic E-state index is 0. The molecular formula is C17H25ClN10O. The van der Waals surface area contributed by atoms with E-state index < -0.39 is 5.60 Å². The van der Waals surface area contributed by atoms with Crippen molar-refractivity contribution in [3.05, 3.63) is 24.3 Å². The van der Waals surface area contributed by atoms with Crippen molar-refractivity contribution in [2.24, 2.45) is 0 Å². The molecule has 0 spiro atoms. The SMILES string of the molecule is CNc1nc(NCC(C)(C)O)nc2c(NC)nc(NCc3ncccn3)nc12.Cl. The third kappa shape index (κ3) is 5.72. The normalized spacial score (nSPS) is 10.9. The molecule has 0 saturated carbocycles. The van der Waals surface area contributed by atoms with Crippen molar-refractivity contribution < 1.29 is 5.11 Å². The average molecular weight is 421 g/mol. The van der Waals surface area contributed by atoms with Crippen LogP contribution in [0.3, 0.4) is 0 Å². The molecule has 0 aliphatic rings. The lowest BCUT2D eigenvalue weighted by molar-refractivity contribution is 0.0943. The molecule has 0 fully saturated rings. The average Bonchev–Trinajstić information content (AvgIpc) is 2.69. The van der Waals surface area contributed by atoms with Gasteiger partial charge in [0.25, 0.3) is 0 Å². The lowest BCUT2D eigenvalue weighted by atomic mass is 10.1. The fourth-order valence-electron chi connectivity index (χ4n) is 2.40. The molecule has 0 aromatic carbocycles. The zero-order valence-electron chi connectivity index (χ0n) is 16.7. The molecule has 156 valence electrons. The smallest absolute Gasteiger partial charge is 0.225 e. The van der Waals surface area contributed by atoms with E-state index in [1.54, 1.807) is 46.4 Å². The fourth-order valence-corrected chi connectivity index (χ4v) is 2.40. The van der Waals surface area contributed by atoms with Gasteiger partial charge in [0, 0.05) is 33.0 Å². The van der Waals surface area contributed by atoms with Gasteiger partial charge in [-0.3, -0.25) is 0 Å². The van der Waals surface area contributed by atoms with E-state index in [-0.39, 0.29) is 12.4 Å². The Morgan fingerprint density at radius 1 is 0.862 bits per heavy atom. The highest BCUT2D eigenvalue weighted by Crippen LogP contribution is 2.26. The van der Waals surface area contributed by atoms with Crippen molar-refractivity contribution in [3.63, 3.8) is 0 Å². The molecule has 5 N–H and O–H groups in total. The number of aliphatic hydroxyl groups is 1. The highest BCUT2D eigenvalue weighted by Gasteiger charge is 2.17. The van der Waals surface area contributed by atoms with Crippen molar-refractivity contribution in [1.29, 1.82) is 0 Å². The van der Waals surface area contributed by atoms with E-state index in [4.69, 9.17) is 0 Å². The molecule has 11 nitrogen and oxygen atoms in total. The summed E-state index contributed by atoms with van der Waals surface area (Å²) in [6, 6.07) is 1.76. The summed E-state index contributed by atoms with van der Waals surface area (Å²) in [4.78, 5) is 26.3. The van der Waals surface area contributed by atoms with Crippen LogP contribution >= 0.6 is 12.4 Å². The van der Waals surface area contributed by atoms with Gasteiger partial charge >= 0.3 is 0 Å². The summed E-state index contributed by atoms with van der Waals surface area (Å²) in [5.74, 6) is 2.50. The van der Waals surface area contributed by atoms with Crippen LogP contribution in [0.25, 0.3) is 11.0 Å². The van der Waals surface area contributed by atoms with Crippen LogP contribution < -0.4 is 21.3 Å². The molecule has 3 rings (SSSR count). The van der Waals surface area contributed by atoms with Crippen LogP contribution in [0.5, 0.6) is 0 Å². The van der Waals surface area contributed by atoms with E-state index in [1.807, 2.05) is 0 Å². The molecule has 12 heteroatoms. The van der Waals surface area contributed by atoms with Gasteiger partial charge in [-0.15, -0.1) is 12.4 Å². The zero-order valence-corrected chi connectivity index (χ0v) is 17.5. The molecule has 0 atom stereocenters. The first-order chi connectivity index (χ1) is 13.4. The number of rotatable bonds is 8. The molecule has 0 aliphatic carbocycles. The van der Waals surface area contributed by atoms with Gasteiger partial charge in [-0.25, -0.2) is 19.9 Å². The topological polar surface area (TPSA) is 146 Å². The predicted octanol–water partition coefficient (Wildman–Crippen LogP) is 1.51. The van der Waals surface area contributed by atoms with Crippen LogP contribution in [-0.2, 0) is 6.54 Å². The van der Waals surface area contributed by atoms with Gasteiger partial charge in [-0.2, -0.15) is 9.97 Å². The van der Waals surface area contributed by atoms with Gasteiger partial charge < -0.3 is 26.4 Å². The quantitative estimate of drug-likeness (QED) is 0.361. The number of nitrogens with zero attached hydrogens (tertiary/aromatic N) is 6. The first-order valence-corrected chi connectivity index (χ1v) is 8.81. The molecular weight excluding hydrogens is 396 g/mol. The lowest BCUT2D eigenvalue weighted by Gasteiger charge is -2.18. The van der Waals surface area contributed by atoms with Crippen molar-refractivity contribution in [3.8, 4) is 0 Å². The van der Waals surface area contributed by atoms with Crippen molar-refractivity contribution in [1.82, 2.24) is 29.9 Å². The highest BCUT2D eigenvalue weighted by molar-refractivity contribution is 5.94. The van der Waals surface area contributed by atoms with Crippen molar-refractivity contribution in [2.75, 3.05) is 41.9 Å². The maximum atomic E-state index is 9.92. The van der Waals surface area contributed by atoms with E-state index in [0.717, 1.165) is 0 Å². The predicted molar refractivity (Wildman–Crippen MR) is 116 cm³/mol. The summed E-state index contributed by atoms with van der Waals surface area (Å²) in [6.45, 7) is 4.09. The van der Waals surface area contributed by atoms with Crippen LogP contribution in [0.4, 0.5) is 23.5 Å². The third-order valence-corrected chi connectivity index (χ3v) is 3.72. The number of halogens is 1. The van der Waals surface area contributed by atoms with Gasteiger partial charge in [0.2, 0.25) is 11.9 Å². The Labute approximate surface area is 174 Å². The van der Waals surface area contributed by atoms with E-state index in [1.165, 1.54) is 0 Å². The number of anilines is 4. The summed E-state index contributed by atoms with van der Waals surface area (Å²) >= 11 is 0. The third-order valence-electron chi connectivity index (χ3n) is 3.72. The minimum Gasteiger partial charge on any atom is -0.389 e. The van der Waals surface area contributed by atoms with Crippen molar-refractivity contribution >= 4 is 47.0 Å². The molecule has 0 aliphatic heterocycles. The van der Waals surface area contributed by atoms with E-state index in [2.05, 4.69) is 51.2 Å². The molecule has 29 heavy (non-hydrogen) atoms. The molecule has 3 aromatic rings. The Bertz CT molecular complexity index is 948. The van der Waals surface area contributed by atoms with E-state index in [9.17, 15) is 5.11 Å².